The number of likely N-dealkylation sites (N-methyl/N-ethyl adjacent to an activating group) is 1. The molecule has 1 unspecified atom stereocenters. The summed E-state index contributed by atoms with van der Waals surface area (Å²) in [6.07, 6.45) is 4.00. The van der Waals surface area contributed by atoms with E-state index in [-0.39, 0.29) is 11.8 Å². The highest BCUT2D eigenvalue weighted by Crippen LogP contribution is 2.25. The van der Waals surface area contributed by atoms with Crippen molar-refractivity contribution in [1.29, 1.82) is 0 Å². The predicted octanol–water partition coefficient (Wildman–Crippen LogP) is 3.28. The minimum atomic E-state index is -0.569. The van der Waals surface area contributed by atoms with Crippen LogP contribution in [0.4, 0.5) is 0 Å². The summed E-state index contributed by atoms with van der Waals surface area (Å²) in [6.45, 7) is 0.984. The van der Waals surface area contributed by atoms with E-state index in [1.807, 2.05) is 42.6 Å². The largest absolute Gasteiger partial charge is 0.496 e. The van der Waals surface area contributed by atoms with Gasteiger partial charge in [-0.3, -0.25) is 14.6 Å². The molecule has 1 fully saturated rings. The summed E-state index contributed by atoms with van der Waals surface area (Å²) in [5, 5.41) is 0. The molecule has 1 saturated heterocycles. The van der Waals surface area contributed by atoms with E-state index in [1.165, 1.54) is 0 Å². The number of piperazine rings is 1. The number of pyridine rings is 1. The van der Waals surface area contributed by atoms with Gasteiger partial charge in [0.15, 0.2) is 0 Å². The van der Waals surface area contributed by atoms with Crippen LogP contribution in [-0.2, 0) is 11.2 Å². The van der Waals surface area contributed by atoms with E-state index in [0.717, 1.165) is 16.7 Å². The zero-order valence-electron chi connectivity index (χ0n) is 17.7. The zero-order valence-corrected chi connectivity index (χ0v) is 17.7. The normalized spacial score (nSPS) is 16.3. The molecule has 1 aromatic heterocycles. The molecule has 2 amide bonds. The molecule has 1 aliphatic heterocycles. The van der Waals surface area contributed by atoms with Gasteiger partial charge in [0.2, 0.25) is 5.91 Å². The highest BCUT2D eigenvalue weighted by Gasteiger charge is 2.37. The van der Waals surface area contributed by atoms with E-state index in [4.69, 9.17) is 4.74 Å². The Morgan fingerprint density at radius 2 is 1.87 bits per heavy atom. The molecule has 0 saturated carbocycles. The van der Waals surface area contributed by atoms with E-state index in [0.29, 0.717) is 30.8 Å². The molecule has 0 bridgehead atoms. The number of nitrogens with zero attached hydrogens (tertiary/aromatic N) is 3. The van der Waals surface area contributed by atoms with Crippen molar-refractivity contribution in [1.82, 2.24) is 14.8 Å². The Morgan fingerprint density at radius 3 is 2.65 bits per heavy atom. The average Bonchev–Trinajstić information content (AvgIpc) is 2.82. The third-order valence-electron chi connectivity index (χ3n) is 5.66. The molecule has 0 radical (unpaired) electrons. The van der Waals surface area contributed by atoms with Gasteiger partial charge >= 0.3 is 0 Å². The van der Waals surface area contributed by atoms with Crippen LogP contribution in [0.5, 0.6) is 5.75 Å². The van der Waals surface area contributed by atoms with Gasteiger partial charge in [0.25, 0.3) is 5.91 Å². The van der Waals surface area contributed by atoms with Gasteiger partial charge in [0, 0.05) is 39.0 Å². The van der Waals surface area contributed by atoms with Crippen LogP contribution in [0.15, 0.2) is 73.1 Å². The lowest BCUT2D eigenvalue weighted by molar-refractivity contribution is -0.138. The van der Waals surface area contributed by atoms with Crippen LogP contribution in [0, 0.1) is 0 Å². The molecule has 0 N–H and O–H groups in total. The molecular weight excluding hydrogens is 390 g/mol. The van der Waals surface area contributed by atoms with Crippen molar-refractivity contribution in [2.75, 3.05) is 27.2 Å². The summed E-state index contributed by atoms with van der Waals surface area (Å²) in [7, 11) is 3.33. The Hall–Kier alpha value is -3.67. The summed E-state index contributed by atoms with van der Waals surface area (Å²) >= 11 is 0. The summed E-state index contributed by atoms with van der Waals surface area (Å²) in [6, 6.07) is 18.5. The number of carbonyl (C=O) groups is 2. The van der Waals surface area contributed by atoms with Gasteiger partial charge in [-0.1, -0.05) is 42.5 Å². The maximum absolute atomic E-state index is 13.4. The van der Waals surface area contributed by atoms with Crippen LogP contribution in [0.2, 0.25) is 0 Å². The highest BCUT2D eigenvalue weighted by molar-refractivity contribution is 6.00. The third-order valence-corrected chi connectivity index (χ3v) is 5.66. The summed E-state index contributed by atoms with van der Waals surface area (Å²) < 4.78 is 5.37. The molecule has 158 valence electrons. The van der Waals surface area contributed by atoms with Crippen LogP contribution >= 0.6 is 0 Å². The SMILES string of the molecule is COc1ccccc1C(=O)N1CCN(C)C(=O)C1Cc1cccc(-c2cccnc2)c1. The fraction of sp³-hybridized carbons (Fsp3) is 0.240. The number of benzene rings is 2. The summed E-state index contributed by atoms with van der Waals surface area (Å²) in [5.74, 6) is 0.268. The maximum Gasteiger partial charge on any atom is 0.258 e. The first-order valence-electron chi connectivity index (χ1n) is 10.3. The van der Waals surface area contributed by atoms with Gasteiger partial charge in [-0.05, 0) is 34.9 Å². The Morgan fingerprint density at radius 1 is 1.06 bits per heavy atom. The molecule has 6 heteroatoms. The summed E-state index contributed by atoms with van der Waals surface area (Å²) in [5.41, 5.74) is 3.51. The number of methoxy groups -OCH3 is 1. The molecule has 6 nitrogen and oxygen atoms in total. The van der Waals surface area contributed by atoms with E-state index in [1.54, 1.807) is 48.4 Å². The second-order valence-corrected chi connectivity index (χ2v) is 7.62. The molecular formula is C25H25N3O3. The fourth-order valence-corrected chi connectivity index (χ4v) is 3.96. The van der Waals surface area contributed by atoms with Crippen LogP contribution in [-0.4, -0.2) is 59.9 Å². The second kappa shape index (κ2) is 9.00. The highest BCUT2D eigenvalue weighted by atomic mass is 16.5. The Bertz CT molecular complexity index is 1080. The molecule has 1 atom stereocenters. The minimum absolute atomic E-state index is 0.0544. The Kier molecular flexibility index (Phi) is 5.98. The first kappa shape index (κ1) is 20.6. The van der Waals surface area contributed by atoms with Crippen molar-refractivity contribution >= 4 is 11.8 Å². The van der Waals surface area contributed by atoms with Crippen molar-refractivity contribution in [3.63, 3.8) is 0 Å². The Balaban J connectivity index is 1.64. The van der Waals surface area contributed by atoms with E-state index >= 15 is 0 Å². The van der Waals surface area contributed by atoms with E-state index < -0.39 is 6.04 Å². The van der Waals surface area contributed by atoms with Crippen molar-refractivity contribution in [3.8, 4) is 16.9 Å². The van der Waals surface area contributed by atoms with Crippen molar-refractivity contribution in [2.45, 2.75) is 12.5 Å². The van der Waals surface area contributed by atoms with Crippen LogP contribution in [0.1, 0.15) is 15.9 Å². The number of carbonyl (C=O) groups excluding carboxylic acids is 2. The fourth-order valence-electron chi connectivity index (χ4n) is 3.96. The molecule has 2 aromatic carbocycles. The van der Waals surface area contributed by atoms with Gasteiger partial charge in [0.1, 0.15) is 11.8 Å². The predicted molar refractivity (Wildman–Crippen MR) is 119 cm³/mol. The average molecular weight is 415 g/mol. The molecule has 0 spiro atoms. The first-order chi connectivity index (χ1) is 15.1. The lowest BCUT2D eigenvalue weighted by Gasteiger charge is -2.39. The van der Waals surface area contributed by atoms with Gasteiger partial charge in [-0.25, -0.2) is 0 Å². The molecule has 2 heterocycles. The molecule has 3 aromatic rings. The first-order valence-corrected chi connectivity index (χ1v) is 10.3. The molecule has 31 heavy (non-hydrogen) atoms. The molecule has 0 aliphatic carbocycles. The number of amides is 2. The number of hydrogen-bond acceptors (Lipinski definition) is 4. The van der Waals surface area contributed by atoms with Crippen LogP contribution < -0.4 is 4.74 Å². The van der Waals surface area contributed by atoms with E-state index in [2.05, 4.69) is 11.1 Å². The third kappa shape index (κ3) is 4.28. The van der Waals surface area contributed by atoms with Crippen LogP contribution in [0.25, 0.3) is 11.1 Å². The number of hydrogen-bond donors (Lipinski definition) is 0. The van der Waals surface area contributed by atoms with E-state index in [9.17, 15) is 9.59 Å². The zero-order chi connectivity index (χ0) is 21.8. The minimum Gasteiger partial charge on any atom is -0.496 e. The lowest BCUT2D eigenvalue weighted by Crippen LogP contribution is -2.58. The standard InChI is InChI=1S/C25H25N3O3/c1-27-13-14-28(24(29)21-10-3-4-11-23(21)31-2)22(25(27)30)16-18-7-5-8-19(15-18)20-9-6-12-26-17-20/h3-12,15,17,22H,13-14,16H2,1-2H3. The molecule has 1 aliphatic rings. The maximum atomic E-state index is 13.4. The summed E-state index contributed by atoms with van der Waals surface area (Å²) in [4.78, 5) is 34.0. The second-order valence-electron chi connectivity index (χ2n) is 7.62. The Labute approximate surface area is 182 Å². The number of ether oxygens (including phenoxy) is 1. The van der Waals surface area contributed by atoms with Gasteiger partial charge in [-0.2, -0.15) is 0 Å². The lowest BCUT2D eigenvalue weighted by atomic mass is 9.97. The topological polar surface area (TPSA) is 62.7 Å². The molecule has 4 rings (SSSR count). The number of aromatic nitrogens is 1. The van der Waals surface area contributed by atoms with Crippen molar-refractivity contribution < 1.29 is 14.3 Å². The van der Waals surface area contributed by atoms with Gasteiger partial charge < -0.3 is 14.5 Å². The van der Waals surface area contributed by atoms with Gasteiger partial charge in [-0.15, -0.1) is 0 Å². The van der Waals surface area contributed by atoms with Crippen LogP contribution in [0.3, 0.4) is 0 Å². The number of para-hydroxylation sites is 1. The van der Waals surface area contributed by atoms with Gasteiger partial charge in [0.05, 0.1) is 12.7 Å². The number of rotatable bonds is 5. The van der Waals surface area contributed by atoms with Crippen molar-refractivity contribution in [3.05, 3.63) is 84.2 Å². The monoisotopic (exact) mass is 415 g/mol. The quantitative estimate of drug-likeness (QED) is 0.642. The smallest absolute Gasteiger partial charge is 0.258 e. The van der Waals surface area contributed by atoms with Crippen molar-refractivity contribution in [2.24, 2.45) is 0 Å².